The van der Waals surface area contributed by atoms with Crippen LogP contribution in [-0.2, 0) is 24.9 Å². The molecule has 9 nitrogen and oxygen atoms in total. The second-order valence-electron chi connectivity index (χ2n) is 8.70. The summed E-state index contributed by atoms with van der Waals surface area (Å²) in [6.07, 6.45) is 0.990. The first-order chi connectivity index (χ1) is 14.3. The van der Waals surface area contributed by atoms with Crippen molar-refractivity contribution < 1.29 is 4.74 Å². The molecule has 4 heterocycles. The summed E-state index contributed by atoms with van der Waals surface area (Å²) >= 11 is 0. The molecule has 4 rings (SSSR count). The Morgan fingerprint density at radius 3 is 2.40 bits per heavy atom. The lowest BCUT2D eigenvalue weighted by Gasteiger charge is -2.26. The van der Waals surface area contributed by atoms with Gasteiger partial charge in [-0.3, -0.25) is 23.2 Å². The van der Waals surface area contributed by atoms with E-state index >= 15 is 0 Å². The van der Waals surface area contributed by atoms with Crippen LogP contribution in [0.2, 0.25) is 0 Å². The van der Waals surface area contributed by atoms with Crippen LogP contribution in [0.15, 0.2) is 9.59 Å². The number of nitrogens with zero attached hydrogens (tertiary/aromatic N) is 6. The van der Waals surface area contributed by atoms with E-state index in [0.717, 1.165) is 63.0 Å². The Hall–Kier alpha value is -2.39. The van der Waals surface area contributed by atoms with E-state index in [1.807, 2.05) is 25.2 Å². The summed E-state index contributed by atoms with van der Waals surface area (Å²) in [7, 11) is 1.69. The van der Waals surface area contributed by atoms with Crippen LogP contribution < -0.4 is 11.2 Å². The summed E-state index contributed by atoms with van der Waals surface area (Å²) in [6.45, 7) is 13.9. The number of hydrogen-bond donors (Lipinski definition) is 0. The van der Waals surface area contributed by atoms with Crippen LogP contribution in [-0.4, -0.2) is 60.8 Å². The predicted molar refractivity (Wildman–Crippen MR) is 116 cm³/mol. The highest BCUT2D eigenvalue weighted by Crippen LogP contribution is 2.21. The first-order valence-corrected chi connectivity index (χ1v) is 10.8. The van der Waals surface area contributed by atoms with Gasteiger partial charge >= 0.3 is 5.69 Å². The summed E-state index contributed by atoms with van der Waals surface area (Å²) < 4.78 is 12.4. The molecule has 1 aliphatic rings. The van der Waals surface area contributed by atoms with Gasteiger partial charge < -0.3 is 9.30 Å². The SMILES string of the molecule is Cc1c(C)n2c3c(=O)n(CC(C)C)c(=O)n(C)c3nc2n1CCCN1CCOCC1. The van der Waals surface area contributed by atoms with Gasteiger partial charge in [0, 0.05) is 51.2 Å². The van der Waals surface area contributed by atoms with Crippen LogP contribution in [0, 0.1) is 19.8 Å². The molecule has 0 aliphatic carbocycles. The highest BCUT2D eigenvalue weighted by Gasteiger charge is 2.23. The van der Waals surface area contributed by atoms with Crippen LogP contribution in [0.4, 0.5) is 0 Å². The number of aromatic nitrogens is 5. The Labute approximate surface area is 175 Å². The van der Waals surface area contributed by atoms with Crippen LogP contribution >= 0.6 is 0 Å². The van der Waals surface area contributed by atoms with Crippen molar-refractivity contribution in [2.24, 2.45) is 13.0 Å². The van der Waals surface area contributed by atoms with Crippen molar-refractivity contribution in [2.45, 2.75) is 47.2 Å². The minimum absolute atomic E-state index is 0.198. The van der Waals surface area contributed by atoms with Crippen molar-refractivity contribution in [1.82, 2.24) is 28.0 Å². The molecular weight excluding hydrogens is 384 g/mol. The van der Waals surface area contributed by atoms with Crippen molar-refractivity contribution >= 4 is 16.9 Å². The summed E-state index contributed by atoms with van der Waals surface area (Å²) in [4.78, 5) is 33.2. The summed E-state index contributed by atoms with van der Waals surface area (Å²) in [6, 6.07) is 0. The molecule has 0 amide bonds. The Bertz CT molecular complexity index is 1190. The number of fused-ring (bicyclic) bond motifs is 3. The van der Waals surface area contributed by atoms with E-state index in [2.05, 4.69) is 16.4 Å². The molecule has 0 saturated carbocycles. The molecular formula is C21H32N6O3. The van der Waals surface area contributed by atoms with Gasteiger partial charge in [0.2, 0.25) is 5.78 Å². The Morgan fingerprint density at radius 1 is 1.03 bits per heavy atom. The molecule has 1 saturated heterocycles. The Balaban J connectivity index is 1.78. The van der Waals surface area contributed by atoms with Crippen molar-refractivity contribution in [3.05, 3.63) is 32.2 Å². The quantitative estimate of drug-likeness (QED) is 0.602. The lowest BCUT2D eigenvalue weighted by Crippen LogP contribution is -2.40. The van der Waals surface area contributed by atoms with Gasteiger partial charge in [0.25, 0.3) is 5.56 Å². The van der Waals surface area contributed by atoms with E-state index in [4.69, 9.17) is 9.72 Å². The maximum absolute atomic E-state index is 13.3. The van der Waals surface area contributed by atoms with Gasteiger partial charge in [-0.25, -0.2) is 4.79 Å². The number of hydrogen-bond acceptors (Lipinski definition) is 5. The number of ether oxygens (including phenoxy) is 1. The molecule has 0 bridgehead atoms. The Kier molecular flexibility index (Phi) is 5.59. The van der Waals surface area contributed by atoms with Gasteiger partial charge in [0.05, 0.1) is 13.2 Å². The zero-order chi connectivity index (χ0) is 21.6. The molecule has 3 aromatic rings. The standard InChI is InChI=1S/C21H32N6O3/c1-14(2)13-26-19(28)17-18(23(5)21(26)29)22-20-25(15(3)16(4)27(17)20)8-6-7-24-9-11-30-12-10-24/h14H,6-13H2,1-5H3. The largest absolute Gasteiger partial charge is 0.379 e. The highest BCUT2D eigenvalue weighted by molar-refractivity contribution is 5.76. The second kappa shape index (κ2) is 8.03. The number of rotatable bonds is 6. The lowest BCUT2D eigenvalue weighted by molar-refractivity contribution is 0.0369. The topological polar surface area (TPSA) is 78.7 Å². The second-order valence-corrected chi connectivity index (χ2v) is 8.70. The molecule has 0 N–H and O–H groups in total. The summed E-state index contributed by atoms with van der Waals surface area (Å²) in [5.74, 6) is 0.931. The Morgan fingerprint density at radius 2 is 1.73 bits per heavy atom. The van der Waals surface area contributed by atoms with Crippen molar-refractivity contribution in [2.75, 3.05) is 32.8 Å². The molecule has 0 unspecified atom stereocenters. The maximum atomic E-state index is 13.3. The number of morpholine rings is 1. The monoisotopic (exact) mass is 416 g/mol. The average molecular weight is 417 g/mol. The van der Waals surface area contributed by atoms with Gasteiger partial charge in [0.15, 0.2) is 11.2 Å². The molecule has 1 fully saturated rings. The predicted octanol–water partition coefficient (Wildman–Crippen LogP) is 1.14. The van der Waals surface area contributed by atoms with Crippen molar-refractivity contribution in [3.8, 4) is 0 Å². The third-order valence-corrected chi connectivity index (χ3v) is 6.14. The summed E-state index contributed by atoms with van der Waals surface area (Å²) in [5, 5.41) is 0. The zero-order valence-electron chi connectivity index (χ0n) is 18.6. The minimum atomic E-state index is -0.310. The fraction of sp³-hybridized carbons (Fsp3) is 0.667. The summed E-state index contributed by atoms with van der Waals surface area (Å²) in [5.41, 5.74) is 2.46. The fourth-order valence-corrected chi connectivity index (χ4v) is 4.39. The smallest absolute Gasteiger partial charge is 0.332 e. The van der Waals surface area contributed by atoms with Crippen LogP contribution in [0.1, 0.15) is 31.7 Å². The lowest BCUT2D eigenvalue weighted by atomic mass is 10.2. The van der Waals surface area contributed by atoms with Crippen molar-refractivity contribution in [3.63, 3.8) is 0 Å². The van der Waals surface area contributed by atoms with E-state index in [1.54, 1.807) is 7.05 Å². The molecule has 0 spiro atoms. The van der Waals surface area contributed by atoms with Gasteiger partial charge in [-0.15, -0.1) is 0 Å². The molecule has 1 aliphatic heterocycles. The maximum Gasteiger partial charge on any atom is 0.332 e. The van der Waals surface area contributed by atoms with Gasteiger partial charge in [-0.05, 0) is 26.2 Å². The first kappa shape index (κ1) is 20.9. The minimum Gasteiger partial charge on any atom is -0.379 e. The molecule has 164 valence electrons. The van der Waals surface area contributed by atoms with Crippen LogP contribution in [0.25, 0.3) is 16.9 Å². The third-order valence-electron chi connectivity index (χ3n) is 6.14. The average Bonchev–Trinajstić information content (AvgIpc) is 3.22. The molecule has 0 atom stereocenters. The van der Waals surface area contributed by atoms with E-state index in [1.165, 1.54) is 9.13 Å². The van der Waals surface area contributed by atoms with E-state index < -0.39 is 0 Å². The highest BCUT2D eigenvalue weighted by atomic mass is 16.5. The van der Waals surface area contributed by atoms with Gasteiger partial charge in [-0.1, -0.05) is 13.8 Å². The molecule has 9 heteroatoms. The van der Waals surface area contributed by atoms with Crippen molar-refractivity contribution in [1.29, 1.82) is 0 Å². The fourth-order valence-electron chi connectivity index (χ4n) is 4.39. The number of imidazole rings is 2. The van der Waals surface area contributed by atoms with Gasteiger partial charge in [0.1, 0.15) is 0 Å². The normalized spacial score (nSPS) is 15.8. The van der Waals surface area contributed by atoms with Gasteiger partial charge in [-0.2, -0.15) is 4.98 Å². The number of aryl methyl sites for hydroxylation is 3. The zero-order valence-corrected chi connectivity index (χ0v) is 18.6. The molecule has 30 heavy (non-hydrogen) atoms. The van der Waals surface area contributed by atoms with E-state index in [9.17, 15) is 9.59 Å². The van der Waals surface area contributed by atoms with E-state index in [-0.39, 0.29) is 17.2 Å². The van der Waals surface area contributed by atoms with Crippen LogP contribution in [0.5, 0.6) is 0 Å². The van der Waals surface area contributed by atoms with Crippen LogP contribution in [0.3, 0.4) is 0 Å². The molecule has 0 aromatic carbocycles. The van der Waals surface area contributed by atoms with E-state index in [0.29, 0.717) is 17.7 Å². The third kappa shape index (κ3) is 3.39. The molecule has 0 radical (unpaired) electrons. The molecule has 3 aromatic heterocycles. The first-order valence-electron chi connectivity index (χ1n) is 10.8.